The molecule has 33 heavy (non-hydrogen) atoms. The molecule has 7 nitrogen and oxygen atoms in total. The van der Waals surface area contributed by atoms with Gasteiger partial charge in [0.1, 0.15) is 5.75 Å². The molecule has 4 rings (SSSR count). The summed E-state index contributed by atoms with van der Waals surface area (Å²) in [5.41, 5.74) is 2.30. The first kappa shape index (κ1) is 22.6. The Kier molecular flexibility index (Phi) is 6.48. The second-order valence-corrected chi connectivity index (χ2v) is 9.15. The van der Waals surface area contributed by atoms with Crippen molar-refractivity contribution in [3.8, 4) is 17.0 Å². The molecular weight excluding hydrogens is 464 g/mol. The molecule has 4 aromatic rings. The van der Waals surface area contributed by atoms with Crippen LogP contribution < -0.4 is 9.46 Å². The fourth-order valence-corrected chi connectivity index (χ4v) is 4.35. The number of esters is 1. The number of fused-ring (bicyclic) bond motifs is 1. The van der Waals surface area contributed by atoms with Crippen LogP contribution in [0.5, 0.6) is 5.75 Å². The van der Waals surface area contributed by atoms with E-state index in [2.05, 4.69) is 14.4 Å². The van der Waals surface area contributed by atoms with Crippen molar-refractivity contribution in [1.29, 1.82) is 0 Å². The zero-order valence-corrected chi connectivity index (χ0v) is 19.1. The lowest BCUT2D eigenvalue weighted by Crippen LogP contribution is -2.13. The second-order valence-electron chi connectivity index (χ2n) is 7.03. The molecule has 0 aliphatic heterocycles. The van der Waals surface area contributed by atoms with E-state index in [-0.39, 0.29) is 11.5 Å². The molecule has 0 spiro atoms. The van der Waals surface area contributed by atoms with Gasteiger partial charge in [0, 0.05) is 27.7 Å². The van der Waals surface area contributed by atoms with Crippen molar-refractivity contribution in [2.75, 3.05) is 18.4 Å². The van der Waals surface area contributed by atoms with E-state index < -0.39 is 16.0 Å². The average Bonchev–Trinajstić information content (AvgIpc) is 2.83. The highest BCUT2D eigenvalue weighted by atomic mass is 35.5. The molecule has 0 saturated heterocycles. The van der Waals surface area contributed by atoms with Crippen LogP contribution in [0.2, 0.25) is 5.02 Å². The summed E-state index contributed by atoms with van der Waals surface area (Å²) < 4.78 is 38.4. The van der Waals surface area contributed by atoms with E-state index in [0.717, 1.165) is 5.56 Å². The molecule has 1 N–H and O–H groups in total. The maximum Gasteiger partial charge on any atom is 0.343 e. The third-order valence-corrected chi connectivity index (χ3v) is 6.44. The number of aromatic nitrogens is 1. The number of pyridine rings is 1. The Bertz CT molecular complexity index is 1410. The molecule has 0 atom stereocenters. The monoisotopic (exact) mass is 482 g/mol. The van der Waals surface area contributed by atoms with Gasteiger partial charge >= 0.3 is 5.97 Å². The van der Waals surface area contributed by atoms with Crippen LogP contribution in [0.1, 0.15) is 0 Å². The van der Waals surface area contributed by atoms with Crippen LogP contribution in [0.25, 0.3) is 22.2 Å². The van der Waals surface area contributed by atoms with Gasteiger partial charge in [0.05, 0.1) is 23.2 Å². The van der Waals surface area contributed by atoms with Gasteiger partial charge in [-0.25, -0.2) is 18.2 Å². The second kappa shape index (κ2) is 9.48. The largest absolute Gasteiger partial charge is 0.481 e. The highest BCUT2D eigenvalue weighted by molar-refractivity contribution is 7.92. The van der Waals surface area contributed by atoms with E-state index in [4.69, 9.17) is 16.3 Å². The number of sulfonamides is 1. The minimum absolute atomic E-state index is 0.142. The quantitative estimate of drug-likeness (QED) is 0.376. The van der Waals surface area contributed by atoms with Gasteiger partial charge in [-0.2, -0.15) is 0 Å². The molecular formula is C24H19ClN2O5S. The Morgan fingerprint density at radius 3 is 2.42 bits per heavy atom. The number of carbonyl (C=O) groups excluding carboxylic acids is 1. The predicted octanol–water partition coefficient (Wildman–Crippen LogP) is 4.91. The van der Waals surface area contributed by atoms with Crippen LogP contribution in [-0.2, 0) is 19.6 Å². The number of rotatable bonds is 7. The van der Waals surface area contributed by atoms with Gasteiger partial charge < -0.3 is 9.47 Å². The first-order chi connectivity index (χ1) is 15.9. The molecule has 0 aliphatic rings. The molecule has 0 fully saturated rings. The molecule has 0 radical (unpaired) electrons. The Morgan fingerprint density at radius 2 is 1.73 bits per heavy atom. The van der Waals surface area contributed by atoms with E-state index in [0.29, 0.717) is 33.1 Å². The first-order valence-corrected chi connectivity index (χ1v) is 11.7. The number of hydrogen-bond donors (Lipinski definition) is 1. The minimum atomic E-state index is -3.78. The normalized spacial score (nSPS) is 11.2. The molecule has 0 unspecified atom stereocenters. The lowest BCUT2D eigenvalue weighted by Gasteiger charge is -2.13. The maximum atomic E-state index is 12.7. The lowest BCUT2D eigenvalue weighted by molar-refractivity contribution is -0.142. The summed E-state index contributed by atoms with van der Waals surface area (Å²) in [6.45, 7) is -0.310. The maximum absolute atomic E-state index is 12.7. The Balaban J connectivity index is 1.76. The molecule has 168 valence electrons. The summed E-state index contributed by atoms with van der Waals surface area (Å²) in [4.78, 5) is 16.5. The fraction of sp³-hybridized carbons (Fsp3) is 0.0833. The Hall–Kier alpha value is -3.62. The number of nitrogens with zero attached hydrogens (tertiary/aromatic N) is 1. The van der Waals surface area contributed by atoms with Crippen molar-refractivity contribution >= 4 is 44.2 Å². The zero-order valence-electron chi connectivity index (χ0n) is 17.5. The van der Waals surface area contributed by atoms with E-state index >= 15 is 0 Å². The van der Waals surface area contributed by atoms with Crippen LogP contribution >= 0.6 is 11.6 Å². The van der Waals surface area contributed by atoms with Crippen LogP contribution in [0.4, 0.5) is 5.69 Å². The molecule has 9 heteroatoms. The van der Waals surface area contributed by atoms with Gasteiger partial charge in [-0.05, 0) is 42.5 Å². The lowest BCUT2D eigenvalue weighted by atomic mass is 10.1. The predicted molar refractivity (Wildman–Crippen MR) is 127 cm³/mol. The summed E-state index contributed by atoms with van der Waals surface area (Å²) in [7, 11) is -2.51. The molecule has 0 bridgehead atoms. The summed E-state index contributed by atoms with van der Waals surface area (Å²) >= 11 is 5.99. The van der Waals surface area contributed by atoms with Crippen molar-refractivity contribution in [3.63, 3.8) is 0 Å². The van der Waals surface area contributed by atoms with Crippen LogP contribution in [-0.4, -0.2) is 33.1 Å². The first-order valence-electron chi connectivity index (χ1n) is 9.84. The summed E-state index contributed by atoms with van der Waals surface area (Å²) in [6.07, 6.45) is 0. The van der Waals surface area contributed by atoms with Gasteiger partial charge in [0.2, 0.25) is 0 Å². The van der Waals surface area contributed by atoms with E-state index in [1.54, 1.807) is 54.6 Å². The van der Waals surface area contributed by atoms with E-state index in [9.17, 15) is 13.2 Å². The van der Waals surface area contributed by atoms with Gasteiger partial charge in [-0.15, -0.1) is 0 Å². The summed E-state index contributed by atoms with van der Waals surface area (Å²) in [6, 6.07) is 21.8. The van der Waals surface area contributed by atoms with E-state index in [1.807, 2.05) is 12.1 Å². The van der Waals surface area contributed by atoms with Gasteiger partial charge in [-0.3, -0.25) is 4.72 Å². The Labute approximate surface area is 196 Å². The number of nitrogens with one attached hydrogen (secondary N) is 1. The number of methoxy groups -OCH3 is 1. The van der Waals surface area contributed by atoms with Crippen molar-refractivity contribution in [3.05, 3.63) is 83.9 Å². The van der Waals surface area contributed by atoms with E-state index in [1.165, 1.54) is 19.2 Å². The number of ether oxygens (including phenoxy) is 2. The molecule has 3 aromatic carbocycles. The molecule has 0 saturated carbocycles. The Morgan fingerprint density at radius 1 is 1.00 bits per heavy atom. The number of benzene rings is 3. The van der Waals surface area contributed by atoms with Crippen molar-refractivity contribution in [1.82, 2.24) is 4.98 Å². The minimum Gasteiger partial charge on any atom is -0.481 e. The standard InChI is InChI=1S/C24H19ClN2O5S/c1-31-24(28)15-32-23-14-22(16-7-9-17(25)10-8-16)26-21-12-11-18(13-20(21)23)27-33(29,30)19-5-3-2-4-6-19/h2-14,27H,15H2,1H3. The highest BCUT2D eigenvalue weighted by Gasteiger charge is 2.16. The average molecular weight is 483 g/mol. The van der Waals surface area contributed by atoms with Crippen molar-refractivity contribution < 1.29 is 22.7 Å². The summed E-state index contributed by atoms with van der Waals surface area (Å²) in [5.74, 6) is -0.190. The number of carbonyl (C=O) groups is 1. The highest BCUT2D eigenvalue weighted by Crippen LogP contribution is 2.33. The number of anilines is 1. The van der Waals surface area contributed by atoms with Gasteiger partial charge in [-0.1, -0.05) is 41.9 Å². The smallest absolute Gasteiger partial charge is 0.343 e. The topological polar surface area (TPSA) is 94.6 Å². The number of halogens is 1. The molecule has 0 amide bonds. The van der Waals surface area contributed by atoms with Gasteiger partial charge in [0.15, 0.2) is 6.61 Å². The van der Waals surface area contributed by atoms with Crippen molar-refractivity contribution in [2.24, 2.45) is 0 Å². The summed E-state index contributed by atoms with van der Waals surface area (Å²) in [5, 5.41) is 1.13. The van der Waals surface area contributed by atoms with Crippen LogP contribution in [0, 0.1) is 0 Å². The number of hydrogen-bond acceptors (Lipinski definition) is 6. The van der Waals surface area contributed by atoms with Gasteiger partial charge in [0.25, 0.3) is 10.0 Å². The third kappa shape index (κ3) is 5.24. The molecule has 1 heterocycles. The molecule has 1 aromatic heterocycles. The van der Waals surface area contributed by atoms with Crippen LogP contribution in [0.3, 0.4) is 0 Å². The third-order valence-electron chi connectivity index (χ3n) is 4.79. The zero-order chi connectivity index (χ0) is 23.4. The van der Waals surface area contributed by atoms with Crippen molar-refractivity contribution in [2.45, 2.75) is 4.90 Å². The SMILES string of the molecule is COC(=O)COc1cc(-c2ccc(Cl)cc2)nc2ccc(NS(=O)(=O)c3ccccc3)cc12. The van der Waals surface area contributed by atoms with Crippen LogP contribution in [0.15, 0.2) is 83.8 Å². The molecule has 0 aliphatic carbocycles. The fourth-order valence-electron chi connectivity index (χ4n) is 3.16.